The van der Waals surface area contributed by atoms with E-state index in [2.05, 4.69) is 19.9 Å². The maximum absolute atomic E-state index is 12.9. The van der Waals surface area contributed by atoms with Crippen LogP contribution in [-0.2, 0) is 11.0 Å². The van der Waals surface area contributed by atoms with Crippen LogP contribution in [0.1, 0.15) is 33.3 Å². The van der Waals surface area contributed by atoms with Crippen molar-refractivity contribution in [2.45, 2.75) is 33.9 Å². The lowest BCUT2D eigenvalue weighted by molar-refractivity contribution is -0.137. The molecule has 0 aromatic heterocycles. The lowest BCUT2D eigenvalue weighted by Gasteiger charge is -2.36. The summed E-state index contributed by atoms with van der Waals surface area (Å²) in [4.78, 5) is 16.7. The average Bonchev–Trinajstić information content (AvgIpc) is 3.13. The van der Waals surface area contributed by atoms with Crippen LogP contribution in [0.5, 0.6) is 0 Å². The maximum atomic E-state index is 12.9. The Hall–Kier alpha value is -1.98. The number of benzene rings is 1. The number of nitrogens with zero attached hydrogens (tertiary/aromatic N) is 2. The molecule has 0 spiro atoms. The number of halogens is 3. The second-order valence-corrected chi connectivity index (χ2v) is 8.43. The van der Waals surface area contributed by atoms with Crippen LogP contribution in [-0.4, -0.2) is 37.0 Å². The molecule has 0 radical (unpaired) electrons. The first kappa shape index (κ1) is 19.8. The van der Waals surface area contributed by atoms with E-state index in [0.717, 1.165) is 6.07 Å². The molecule has 0 bridgehead atoms. The van der Waals surface area contributed by atoms with Crippen molar-refractivity contribution >= 4 is 11.6 Å². The van der Waals surface area contributed by atoms with Crippen molar-refractivity contribution in [3.05, 3.63) is 41.5 Å². The van der Waals surface area contributed by atoms with Crippen molar-refractivity contribution in [3.8, 4) is 0 Å². The Morgan fingerprint density at radius 2 is 1.78 bits per heavy atom. The van der Waals surface area contributed by atoms with Gasteiger partial charge in [0.15, 0.2) is 0 Å². The van der Waals surface area contributed by atoms with Crippen molar-refractivity contribution in [3.63, 3.8) is 0 Å². The molecule has 0 N–H and O–H groups in total. The Morgan fingerprint density at radius 1 is 1.15 bits per heavy atom. The average molecular weight is 380 g/mol. The number of amides is 1. The van der Waals surface area contributed by atoms with Gasteiger partial charge in [0, 0.05) is 31.9 Å². The van der Waals surface area contributed by atoms with Crippen LogP contribution in [0.4, 0.5) is 18.9 Å². The largest absolute Gasteiger partial charge is 0.416 e. The van der Waals surface area contributed by atoms with Crippen LogP contribution in [0.15, 0.2) is 35.9 Å². The molecule has 1 aromatic carbocycles. The third-order valence-corrected chi connectivity index (χ3v) is 5.82. The van der Waals surface area contributed by atoms with Gasteiger partial charge in [-0.25, -0.2) is 0 Å². The molecule has 2 aliphatic rings. The number of alkyl halides is 3. The predicted octanol–water partition coefficient (Wildman–Crippen LogP) is 4.59. The quantitative estimate of drug-likeness (QED) is 0.716. The third-order valence-electron chi connectivity index (χ3n) is 5.82. The van der Waals surface area contributed by atoms with E-state index in [4.69, 9.17) is 0 Å². The molecule has 27 heavy (non-hydrogen) atoms. The number of allylic oxidation sites excluding steroid dienone is 2. The molecule has 3 nitrogen and oxygen atoms in total. The molecule has 1 aliphatic heterocycles. The highest BCUT2D eigenvalue weighted by atomic mass is 19.4. The fourth-order valence-corrected chi connectivity index (χ4v) is 4.08. The van der Waals surface area contributed by atoms with Crippen LogP contribution < -0.4 is 4.90 Å². The lowest BCUT2D eigenvalue weighted by atomic mass is 10.1. The molecule has 6 heteroatoms. The van der Waals surface area contributed by atoms with Crippen LogP contribution >= 0.6 is 0 Å². The summed E-state index contributed by atoms with van der Waals surface area (Å²) in [5, 5.41) is 0. The molecule has 3 rings (SSSR count). The van der Waals surface area contributed by atoms with Crippen molar-refractivity contribution < 1.29 is 18.0 Å². The molecule has 0 unspecified atom stereocenters. The minimum absolute atomic E-state index is 0.00695. The number of piperazine rings is 1. The van der Waals surface area contributed by atoms with Crippen molar-refractivity contribution in [2.75, 3.05) is 31.1 Å². The van der Waals surface area contributed by atoms with E-state index in [1.54, 1.807) is 6.07 Å². The Morgan fingerprint density at radius 3 is 2.33 bits per heavy atom. The minimum Gasteiger partial charge on any atom is -0.368 e. The van der Waals surface area contributed by atoms with E-state index in [9.17, 15) is 18.0 Å². The first-order chi connectivity index (χ1) is 12.5. The summed E-state index contributed by atoms with van der Waals surface area (Å²) in [5.41, 5.74) is 1.12. The fraction of sp³-hybridized carbons (Fsp3) is 0.571. The van der Waals surface area contributed by atoms with Gasteiger partial charge in [-0.1, -0.05) is 31.6 Å². The molecule has 148 valence electrons. The Bertz CT molecular complexity index is 742. The van der Waals surface area contributed by atoms with Gasteiger partial charge in [-0.15, -0.1) is 0 Å². The number of carbonyl (C=O) groups is 1. The molecule has 1 heterocycles. The van der Waals surface area contributed by atoms with Gasteiger partial charge in [-0.05, 0) is 43.4 Å². The van der Waals surface area contributed by atoms with Crippen LogP contribution in [0, 0.1) is 17.3 Å². The summed E-state index contributed by atoms with van der Waals surface area (Å²) in [6.45, 7) is 10.5. The standard InChI is InChI=1S/C21H27F3N2O/c1-14(2)12-17-18(20(17,3)4)19(27)26-10-8-25(9-11-26)16-7-5-6-15(13-16)21(22,23)24/h5-7,12-13,17-18H,8-11H2,1-4H3/t17-,18-/m1/s1. The highest BCUT2D eigenvalue weighted by molar-refractivity contribution is 5.84. The number of anilines is 1. The molecular formula is C21H27F3N2O. The zero-order valence-electron chi connectivity index (χ0n) is 16.3. The Kier molecular flexibility index (Phi) is 5.04. The Labute approximate surface area is 158 Å². The maximum Gasteiger partial charge on any atom is 0.416 e. The summed E-state index contributed by atoms with van der Waals surface area (Å²) >= 11 is 0. The number of hydrogen-bond acceptors (Lipinski definition) is 2. The summed E-state index contributed by atoms with van der Waals surface area (Å²) in [6.07, 6.45) is -2.16. The normalized spacial score (nSPS) is 24.6. The first-order valence-corrected chi connectivity index (χ1v) is 9.38. The second-order valence-electron chi connectivity index (χ2n) is 8.43. The first-order valence-electron chi connectivity index (χ1n) is 9.38. The summed E-state index contributed by atoms with van der Waals surface area (Å²) in [7, 11) is 0. The molecule has 2 fully saturated rings. The van der Waals surface area contributed by atoms with Crippen molar-refractivity contribution in [2.24, 2.45) is 17.3 Å². The lowest BCUT2D eigenvalue weighted by Crippen LogP contribution is -2.49. The van der Waals surface area contributed by atoms with E-state index in [1.165, 1.54) is 17.7 Å². The van der Waals surface area contributed by atoms with Crippen molar-refractivity contribution in [1.82, 2.24) is 4.90 Å². The van der Waals surface area contributed by atoms with Crippen LogP contribution in [0.3, 0.4) is 0 Å². The third kappa shape index (κ3) is 3.99. The van der Waals surface area contributed by atoms with Crippen LogP contribution in [0.25, 0.3) is 0 Å². The van der Waals surface area contributed by atoms with Gasteiger partial charge in [0.25, 0.3) is 0 Å². The van der Waals surface area contributed by atoms with Gasteiger partial charge < -0.3 is 9.80 Å². The Balaban J connectivity index is 1.63. The van der Waals surface area contributed by atoms with Gasteiger partial charge in [0.2, 0.25) is 5.91 Å². The van der Waals surface area contributed by atoms with E-state index in [-0.39, 0.29) is 23.2 Å². The number of rotatable bonds is 3. The van der Waals surface area contributed by atoms with Gasteiger partial charge >= 0.3 is 6.18 Å². The van der Waals surface area contributed by atoms with E-state index in [0.29, 0.717) is 31.9 Å². The molecular weight excluding hydrogens is 353 g/mol. The molecule has 1 saturated carbocycles. The monoisotopic (exact) mass is 380 g/mol. The van der Waals surface area contributed by atoms with E-state index >= 15 is 0 Å². The minimum atomic E-state index is -4.34. The van der Waals surface area contributed by atoms with Gasteiger partial charge in [0.1, 0.15) is 0 Å². The highest BCUT2D eigenvalue weighted by Gasteiger charge is 2.61. The SMILES string of the molecule is CC(C)=C[C@@H]1[C@H](C(=O)N2CCN(c3cccc(C(F)(F)F)c3)CC2)C1(C)C. The van der Waals surface area contributed by atoms with Gasteiger partial charge in [-0.2, -0.15) is 13.2 Å². The van der Waals surface area contributed by atoms with Gasteiger partial charge in [0.05, 0.1) is 11.5 Å². The second kappa shape index (κ2) is 6.88. The summed E-state index contributed by atoms with van der Waals surface area (Å²) in [5.74, 6) is 0.454. The smallest absolute Gasteiger partial charge is 0.368 e. The van der Waals surface area contributed by atoms with Gasteiger partial charge in [-0.3, -0.25) is 4.79 Å². The zero-order valence-corrected chi connectivity index (χ0v) is 16.3. The van der Waals surface area contributed by atoms with Crippen molar-refractivity contribution in [1.29, 1.82) is 0 Å². The highest BCUT2D eigenvalue weighted by Crippen LogP contribution is 2.60. The van der Waals surface area contributed by atoms with Crippen LogP contribution in [0.2, 0.25) is 0 Å². The fourth-order valence-electron chi connectivity index (χ4n) is 4.08. The summed E-state index contributed by atoms with van der Waals surface area (Å²) < 4.78 is 38.8. The van der Waals surface area contributed by atoms with E-state index in [1.807, 2.05) is 23.6 Å². The number of carbonyl (C=O) groups excluding carboxylic acids is 1. The summed E-state index contributed by atoms with van der Waals surface area (Å²) in [6, 6.07) is 5.40. The zero-order chi connectivity index (χ0) is 20.0. The molecule has 1 amide bonds. The number of hydrogen-bond donors (Lipinski definition) is 0. The topological polar surface area (TPSA) is 23.6 Å². The molecule has 1 aliphatic carbocycles. The van der Waals surface area contributed by atoms with E-state index < -0.39 is 11.7 Å². The predicted molar refractivity (Wildman–Crippen MR) is 100 cm³/mol. The molecule has 1 saturated heterocycles. The molecule has 2 atom stereocenters. The molecule has 1 aromatic rings.